The number of hydrogen-bond acceptors (Lipinski definition) is 5. The molecule has 0 saturated carbocycles. The molecule has 0 unspecified atom stereocenters. The number of fused-ring (bicyclic) bond motifs is 1. The molecule has 4 aromatic rings. The van der Waals surface area contributed by atoms with Gasteiger partial charge in [-0.05, 0) is 60.1 Å². The highest BCUT2D eigenvalue weighted by atomic mass is 19.4. The van der Waals surface area contributed by atoms with E-state index in [4.69, 9.17) is 9.90 Å². The van der Waals surface area contributed by atoms with Gasteiger partial charge in [0.2, 0.25) is 0 Å². The molecule has 5 rings (SSSR count). The lowest BCUT2D eigenvalue weighted by Gasteiger charge is -2.21. The highest BCUT2D eigenvalue weighted by molar-refractivity contribution is 6.06. The molecule has 40 heavy (non-hydrogen) atoms. The van der Waals surface area contributed by atoms with Crippen molar-refractivity contribution in [3.63, 3.8) is 0 Å². The van der Waals surface area contributed by atoms with Gasteiger partial charge in [-0.3, -0.25) is 14.6 Å². The number of benzene rings is 3. The molecule has 8 nitrogen and oxygen atoms in total. The van der Waals surface area contributed by atoms with Crippen LogP contribution in [-0.4, -0.2) is 69.1 Å². The van der Waals surface area contributed by atoms with E-state index in [0.29, 0.717) is 5.56 Å². The van der Waals surface area contributed by atoms with Gasteiger partial charge in [-0.1, -0.05) is 42.5 Å². The molecule has 0 atom stereocenters. The number of aromatic amines is 1. The molecular formula is C29H30F3N5O3. The fraction of sp³-hybridized carbons (Fsp3) is 0.276. The summed E-state index contributed by atoms with van der Waals surface area (Å²) in [5.74, 6) is -1.81. The summed E-state index contributed by atoms with van der Waals surface area (Å²) in [6.45, 7) is 5.96. The average molecular weight is 554 g/mol. The van der Waals surface area contributed by atoms with Gasteiger partial charge >= 0.3 is 12.1 Å². The number of alkyl halides is 3. The minimum absolute atomic E-state index is 0.0822. The summed E-state index contributed by atoms with van der Waals surface area (Å²) >= 11 is 0. The zero-order valence-electron chi connectivity index (χ0n) is 21.7. The number of carbonyl (C=O) groups excluding carboxylic acids is 1. The summed E-state index contributed by atoms with van der Waals surface area (Å²) in [6, 6.07) is 22.1. The van der Waals surface area contributed by atoms with Gasteiger partial charge in [0.15, 0.2) is 0 Å². The van der Waals surface area contributed by atoms with Gasteiger partial charge in [0.25, 0.3) is 5.91 Å². The number of carbonyl (C=O) groups is 2. The van der Waals surface area contributed by atoms with Gasteiger partial charge in [0, 0.05) is 43.3 Å². The van der Waals surface area contributed by atoms with Crippen LogP contribution in [0.1, 0.15) is 28.2 Å². The smallest absolute Gasteiger partial charge is 0.475 e. The second kappa shape index (κ2) is 13.2. The summed E-state index contributed by atoms with van der Waals surface area (Å²) in [5, 5.41) is 12.4. The van der Waals surface area contributed by atoms with Crippen LogP contribution in [0.5, 0.6) is 0 Å². The molecule has 1 saturated heterocycles. The molecule has 3 N–H and O–H groups in total. The van der Waals surface area contributed by atoms with E-state index >= 15 is 0 Å². The molecule has 1 amide bonds. The molecule has 1 aliphatic rings. The molecule has 210 valence electrons. The molecule has 1 fully saturated rings. The number of aromatic nitrogens is 2. The minimum atomic E-state index is -5.08. The Morgan fingerprint density at radius 2 is 1.60 bits per heavy atom. The lowest BCUT2D eigenvalue weighted by molar-refractivity contribution is -0.192. The van der Waals surface area contributed by atoms with Crippen molar-refractivity contribution < 1.29 is 27.9 Å². The quantitative estimate of drug-likeness (QED) is 0.305. The molecule has 0 bridgehead atoms. The zero-order valence-corrected chi connectivity index (χ0v) is 21.7. The van der Waals surface area contributed by atoms with Gasteiger partial charge < -0.3 is 15.4 Å². The molecule has 3 aromatic carbocycles. The highest BCUT2D eigenvalue weighted by Crippen LogP contribution is 2.19. The second-order valence-electron chi connectivity index (χ2n) is 9.46. The Labute approximate surface area is 229 Å². The summed E-state index contributed by atoms with van der Waals surface area (Å²) in [5.41, 5.74) is 2.72. The number of carboxylic acid groups (broad SMARTS) is 1. The number of halogens is 3. The standard InChI is InChI=1S/C27H29N5O.C2HF3O2/c33-27(24-10-9-22-6-1-2-7-23(22)18-24)30-25-8-3-5-21(17-25)19-31-13-4-14-32(16-15-31)20-26-28-11-12-29-26;3-2(4,5)1(6)7/h1-3,5-12,17-18H,4,13-16,19-20H2,(H,28,29)(H,30,33);(H,6,7). The van der Waals surface area contributed by atoms with Crippen LogP contribution in [0.2, 0.25) is 0 Å². The van der Waals surface area contributed by atoms with Crippen molar-refractivity contribution >= 4 is 28.3 Å². The molecule has 11 heteroatoms. The third kappa shape index (κ3) is 8.39. The van der Waals surface area contributed by atoms with E-state index in [1.165, 1.54) is 5.56 Å². The normalized spacial score (nSPS) is 14.7. The Hall–Kier alpha value is -4.22. The van der Waals surface area contributed by atoms with Crippen LogP contribution >= 0.6 is 0 Å². The Morgan fingerprint density at radius 1 is 0.900 bits per heavy atom. The molecule has 1 aliphatic heterocycles. The Balaban J connectivity index is 0.000000470. The van der Waals surface area contributed by atoms with Gasteiger partial charge in [-0.15, -0.1) is 0 Å². The fourth-order valence-electron chi connectivity index (χ4n) is 4.48. The van der Waals surface area contributed by atoms with E-state index in [1.54, 1.807) is 0 Å². The number of carboxylic acids is 1. The van der Waals surface area contributed by atoms with Gasteiger partial charge in [-0.2, -0.15) is 13.2 Å². The number of anilines is 1. The zero-order chi connectivity index (χ0) is 28.5. The second-order valence-corrected chi connectivity index (χ2v) is 9.46. The first-order valence-electron chi connectivity index (χ1n) is 12.8. The molecule has 2 heterocycles. The number of aliphatic carboxylic acids is 1. The van der Waals surface area contributed by atoms with Crippen molar-refractivity contribution in [2.75, 3.05) is 31.5 Å². The Morgan fingerprint density at radius 3 is 2.27 bits per heavy atom. The first-order chi connectivity index (χ1) is 19.2. The predicted molar refractivity (Wildman–Crippen MR) is 146 cm³/mol. The lowest BCUT2D eigenvalue weighted by atomic mass is 10.1. The maximum Gasteiger partial charge on any atom is 0.490 e. The fourth-order valence-corrected chi connectivity index (χ4v) is 4.48. The summed E-state index contributed by atoms with van der Waals surface area (Å²) < 4.78 is 31.7. The summed E-state index contributed by atoms with van der Waals surface area (Å²) in [4.78, 5) is 34.2. The van der Waals surface area contributed by atoms with Crippen LogP contribution in [0, 0.1) is 0 Å². The number of hydrogen-bond donors (Lipinski definition) is 3. The van der Waals surface area contributed by atoms with E-state index in [9.17, 15) is 18.0 Å². The van der Waals surface area contributed by atoms with E-state index in [-0.39, 0.29) is 5.91 Å². The molecule has 0 radical (unpaired) electrons. The van der Waals surface area contributed by atoms with Gasteiger partial charge in [-0.25, -0.2) is 9.78 Å². The Bertz CT molecular complexity index is 1430. The van der Waals surface area contributed by atoms with Crippen LogP contribution in [-0.2, 0) is 17.9 Å². The summed E-state index contributed by atoms with van der Waals surface area (Å²) in [7, 11) is 0. The van der Waals surface area contributed by atoms with Crippen molar-refractivity contribution in [2.24, 2.45) is 0 Å². The highest BCUT2D eigenvalue weighted by Gasteiger charge is 2.38. The number of H-pyrrole nitrogens is 1. The van der Waals surface area contributed by atoms with Gasteiger partial charge in [0.1, 0.15) is 5.82 Å². The lowest BCUT2D eigenvalue weighted by Crippen LogP contribution is -2.30. The third-order valence-electron chi connectivity index (χ3n) is 6.45. The number of amides is 1. The molecule has 0 aliphatic carbocycles. The third-order valence-corrected chi connectivity index (χ3v) is 6.45. The van der Waals surface area contributed by atoms with E-state index in [1.807, 2.05) is 60.9 Å². The first kappa shape index (κ1) is 28.8. The van der Waals surface area contributed by atoms with Crippen LogP contribution in [0.15, 0.2) is 79.1 Å². The van der Waals surface area contributed by atoms with Crippen LogP contribution in [0.3, 0.4) is 0 Å². The van der Waals surface area contributed by atoms with Crippen molar-refractivity contribution in [3.8, 4) is 0 Å². The number of rotatable bonds is 6. The molecule has 0 spiro atoms. The van der Waals surface area contributed by atoms with Crippen molar-refractivity contribution in [1.82, 2.24) is 19.8 Å². The van der Waals surface area contributed by atoms with Crippen molar-refractivity contribution in [3.05, 3.63) is 96.1 Å². The van der Waals surface area contributed by atoms with Crippen molar-refractivity contribution in [2.45, 2.75) is 25.7 Å². The van der Waals surface area contributed by atoms with Crippen LogP contribution in [0.25, 0.3) is 10.8 Å². The van der Waals surface area contributed by atoms with Crippen LogP contribution < -0.4 is 5.32 Å². The number of nitrogens with one attached hydrogen (secondary N) is 2. The summed E-state index contributed by atoms with van der Waals surface area (Å²) in [6.07, 6.45) is -0.254. The Kier molecular flexibility index (Phi) is 9.52. The van der Waals surface area contributed by atoms with Crippen LogP contribution in [0.4, 0.5) is 18.9 Å². The van der Waals surface area contributed by atoms with E-state index in [0.717, 1.165) is 68.0 Å². The maximum absolute atomic E-state index is 12.8. The number of nitrogens with zero attached hydrogens (tertiary/aromatic N) is 3. The molecular weight excluding hydrogens is 523 g/mol. The predicted octanol–water partition coefficient (Wildman–Crippen LogP) is 5.16. The SMILES string of the molecule is O=C(Nc1cccc(CN2CCCN(Cc3ncc[nH]3)CC2)c1)c1ccc2ccccc2c1.O=C(O)C(F)(F)F. The largest absolute Gasteiger partial charge is 0.490 e. The van der Waals surface area contributed by atoms with Crippen molar-refractivity contribution in [1.29, 1.82) is 0 Å². The monoisotopic (exact) mass is 553 g/mol. The molecule has 1 aromatic heterocycles. The van der Waals surface area contributed by atoms with E-state index < -0.39 is 12.1 Å². The van der Waals surface area contributed by atoms with E-state index in [2.05, 4.69) is 43.3 Å². The number of imidazole rings is 1. The minimum Gasteiger partial charge on any atom is -0.475 e. The average Bonchev–Trinajstić information content (AvgIpc) is 3.34. The first-order valence-corrected chi connectivity index (χ1v) is 12.8. The maximum atomic E-state index is 12.8. The topological polar surface area (TPSA) is 102 Å². The van der Waals surface area contributed by atoms with Gasteiger partial charge in [0.05, 0.1) is 6.54 Å².